The molecule has 2 nitrogen and oxygen atoms in total. The normalized spacial score (nSPS) is 13.7. The summed E-state index contributed by atoms with van der Waals surface area (Å²) in [5, 5.41) is 9.00. The number of halogens is 3. The molecule has 0 aliphatic carbocycles. The zero-order valence-corrected chi connectivity index (χ0v) is 11.6. The Bertz CT molecular complexity index is 429. The highest BCUT2D eigenvalue weighted by Crippen LogP contribution is 2.35. The third kappa shape index (κ3) is 3.62. The van der Waals surface area contributed by atoms with Crippen molar-refractivity contribution in [3.05, 3.63) is 29.3 Å². The molecule has 0 spiro atoms. The van der Waals surface area contributed by atoms with Crippen molar-refractivity contribution in [1.29, 1.82) is 0 Å². The molecular weight excluding hydrogens is 255 g/mol. The van der Waals surface area contributed by atoms with Gasteiger partial charge in [-0.15, -0.1) is 0 Å². The molecular formula is C14H20F3NO. The minimum Gasteiger partial charge on any atom is -0.392 e. The summed E-state index contributed by atoms with van der Waals surface area (Å²) in [5.41, 5.74) is -0.358. The summed E-state index contributed by atoms with van der Waals surface area (Å²) in [6.45, 7) is 5.40. The summed E-state index contributed by atoms with van der Waals surface area (Å²) in [4.78, 5) is 1.82. The number of benzene rings is 1. The molecule has 1 N–H and O–H groups in total. The molecule has 5 heteroatoms. The number of anilines is 1. The van der Waals surface area contributed by atoms with Crippen molar-refractivity contribution in [3.63, 3.8) is 0 Å². The second-order valence-corrected chi connectivity index (χ2v) is 5.09. The van der Waals surface area contributed by atoms with Crippen molar-refractivity contribution in [2.24, 2.45) is 5.92 Å². The largest absolute Gasteiger partial charge is 0.416 e. The fourth-order valence-corrected chi connectivity index (χ4v) is 1.87. The SMILES string of the molecule is CC(C)C(C)N(C)c1ccc(CO)c(C(F)(F)F)c1. The Morgan fingerprint density at radius 2 is 1.79 bits per heavy atom. The number of hydrogen-bond acceptors (Lipinski definition) is 2. The molecule has 0 heterocycles. The number of hydrogen-bond donors (Lipinski definition) is 1. The van der Waals surface area contributed by atoms with Crippen LogP contribution >= 0.6 is 0 Å². The van der Waals surface area contributed by atoms with Crippen molar-refractivity contribution in [2.45, 2.75) is 39.6 Å². The van der Waals surface area contributed by atoms with Crippen molar-refractivity contribution >= 4 is 5.69 Å². The van der Waals surface area contributed by atoms with Crippen LogP contribution in [-0.2, 0) is 12.8 Å². The van der Waals surface area contributed by atoms with Crippen LogP contribution in [0.4, 0.5) is 18.9 Å². The fraction of sp³-hybridized carbons (Fsp3) is 0.571. The van der Waals surface area contributed by atoms with Gasteiger partial charge in [0.05, 0.1) is 12.2 Å². The molecule has 0 saturated heterocycles. The van der Waals surface area contributed by atoms with Crippen LogP contribution in [0.2, 0.25) is 0 Å². The van der Waals surface area contributed by atoms with E-state index in [0.717, 1.165) is 6.07 Å². The zero-order valence-electron chi connectivity index (χ0n) is 11.6. The molecule has 0 fully saturated rings. The molecule has 0 radical (unpaired) electrons. The van der Waals surface area contributed by atoms with Gasteiger partial charge in [0, 0.05) is 18.8 Å². The van der Waals surface area contributed by atoms with Gasteiger partial charge in [0.1, 0.15) is 0 Å². The van der Waals surface area contributed by atoms with E-state index < -0.39 is 18.3 Å². The maximum absolute atomic E-state index is 12.9. The first-order chi connectivity index (χ1) is 8.68. The first-order valence-electron chi connectivity index (χ1n) is 6.22. The van der Waals surface area contributed by atoms with Crippen molar-refractivity contribution < 1.29 is 18.3 Å². The lowest BCUT2D eigenvalue weighted by atomic mass is 10.0. The number of nitrogens with zero attached hydrogens (tertiary/aromatic N) is 1. The molecule has 1 aromatic rings. The molecule has 0 saturated carbocycles. The number of rotatable bonds is 4. The molecule has 108 valence electrons. The Morgan fingerprint density at radius 1 is 1.21 bits per heavy atom. The molecule has 1 unspecified atom stereocenters. The maximum atomic E-state index is 12.9. The van der Waals surface area contributed by atoms with Crippen LogP contribution < -0.4 is 4.90 Å². The van der Waals surface area contributed by atoms with E-state index in [1.165, 1.54) is 6.07 Å². The van der Waals surface area contributed by atoms with Crippen LogP contribution in [0.1, 0.15) is 31.9 Å². The lowest BCUT2D eigenvalue weighted by Gasteiger charge is -2.30. The second kappa shape index (κ2) is 5.82. The number of aliphatic hydroxyl groups excluding tert-OH is 1. The molecule has 0 aliphatic heterocycles. The topological polar surface area (TPSA) is 23.5 Å². The zero-order chi connectivity index (χ0) is 14.8. The van der Waals surface area contributed by atoms with Crippen molar-refractivity contribution in [3.8, 4) is 0 Å². The van der Waals surface area contributed by atoms with Crippen LogP contribution in [0.3, 0.4) is 0 Å². The van der Waals surface area contributed by atoms with Crippen LogP contribution in [-0.4, -0.2) is 18.2 Å². The second-order valence-electron chi connectivity index (χ2n) is 5.09. The van der Waals surface area contributed by atoms with Gasteiger partial charge in [-0.2, -0.15) is 13.2 Å². The van der Waals surface area contributed by atoms with Gasteiger partial charge in [-0.1, -0.05) is 19.9 Å². The van der Waals surface area contributed by atoms with Gasteiger partial charge in [0.25, 0.3) is 0 Å². The van der Waals surface area contributed by atoms with Gasteiger partial charge < -0.3 is 10.0 Å². The van der Waals surface area contributed by atoms with Crippen LogP contribution in [0.25, 0.3) is 0 Å². The molecule has 0 aromatic heterocycles. The Labute approximate surface area is 111 Å². The highest BCUT2D eigenvalue weighted by molar-refractivity contribution is 5.52. The van der Waals surface area contributed by atoms with E-state index in [1.54, 1.807) is 13.1 Å². The summed E-state index contributed by atoms with van der Waals surface area (Å²) >= 11 is 0. The third-order valence-corrected chi connectivity index (χ3v) is 3.55. The fourth-order valence-electron chi connectivity index (χ4n) is 1.87. The number of aliphatic hydroxyl groups is 1. The minimum atomic E-state index is -4.45. The standard InChI is InChI=1S/C14H20F3NO/c1-9(2)10(3)18(4)12-6-5-11(8-19)13(7-12)14(15,16)17/h5-7,9-10,19H,8H2,1-4H3. The smallest absolute Gasteiger partial charge is 0.392 e. The highest BCUT2D eigenvalue weighted by atomic mass is 19.4. The summed E-state index contributed by atoms with van der Waals surface area (Å²) in [6, 6.07) is 4.17. The molecule has 1 aromatic carbocycles. The Balaban J connectivity index is 3.18. The van der Waals surface area contributed by atoms with Gasteiger partial charge in [-0.3, -0.25) is 0 Å². The quantitative estimate of drug-likeness (QED) is 0.906. The van der Waals surface area contributed by atoms with Gasteiger partial charge in [-0.25, -0.2) is 0 Å². The van der Waals surface area contributed by atoms with Crippen LogP contribution in [0, 0.1) is 5.92 Å². The van der Waals surface area contributed by atoms with E-state index in [4.69, 9.17) is 5.11 Å². The molecule has 0 aliphatic rings. The maximum Gasteiger partial charge on any atom is 0.416 e. The van der Waals surface area contributed by atoms with Gasteiger partial charge >= 0.3 is 6.18 Å². The first-order valence-corrected chi connectivity index (χ1v) is 6.22. The first kappa shape index (κ1) is 15.8. The Kier molecular flexibility index (Phi) is 4.85. The third-order valence-electron chi connectivity index (χ3n) is 3.55. The highest BCUT2D eigenvalue weighted by Gasteiger charge is 2.33. The lowest BCUT2D eigenvalue weighted by Crippen LogP contribution is -2.33. The van der Waals surface area contributed by atoms with Crippen molar-refractivity contribution in [2.75, 3.05) is 11.9 Å². The van der Waals surface area contributed by atoms with E-state index in [9.17, 15) is 13.2 Å². The summed E-state index contributed by atoms with van der Waals surface area (Å²) in [5.74, 6) is 0.330. The van der Waals surface area contributed by atoms with Crippen molar-refractivity contribution in [1.82, 2.24) is 0 Å². The predicted octanol–water partition coefficient (Wildman–Crippen LogP) is 3.68. The summed E-state index contributed by atoms with van der Waals surface area (Å²) < 4.78 is 38.7. The van der Waals surface area contributed by atoms with E-state index in [0.29, 0.717) is 11.6 Å². The molecule has 0 bridgehead atoms. The Morgan fingerprint density at radius 3 is 2.21 bits per heavy atom. The summed E-state index contributed by atoms with van der Waals surface area (Å²) in [6.07, 6.45) is -4.45. The molecule has 0 amide bonds. The van der Waals surface area contributed by atoms with Crippen LogP contribution in [0.5, 0.6) is 0 Å². The van der Waals surface area contributed by atoms with Gasteiger partial charge in [0.15, 0.2) is 0 Å². The number of alkyl halides is 3. The van der Waals surface area contributed by atoms with Crippen LogP contribution in [0.15, 0.2) is 18.2 Å². The van der Waals surface area contributed by atoms with Gasteiger partial charge in [0.2, 0.25) is 0 Å². The summed E-state index contributed by atoms with van der Waals surface area (Å²) in [7, 11) is 1.78. The Hall–Kier alpha value is -1.23. The average molecular weight is 275 g/mol. The van der Waals surface area contributed by atoms with Gasteiger partial charge in [-0.05, 0) is 30.5 Å². The molecule has 19 heavy (non-hydrogen) atoms. The van der Waals surface area contributed by atoms with E-state index in [-0.39, 0.29) is 11.6 Å². The predicted molar refractivity (Wildman–Crippen MR) is 70.1 cm³/mol. The van der Waals surface area contributed by atoms with E-state index in [2.05, 4.69) is 0 Å². The molecule has 1 rings (SSSR count). The minimum absolute atomic E-state index is 0.0955. The monoisotopic (exact) mass is 275 g/mol. The molecule has 1 atom stereocenters. The van der Waals surface area contributed by atoms with E-state index >= 15 is 0 Å². The van der Waals surface area contributed by atoms with E-state index in [1.807, 2.05) is 25.7 Å². The lowest BCUT2D eigenvalue weighted by molar-refractivity contribution is -0.138. The average Bonchev–Trinajstić information content (AvgIpc) is 2.35.